The van der Waals surface area contributed by atoms with Crippen LogP contribution in [0.15, 0.2) is 29.2 Å². The first-order valence-electron chi connectivity index (χ1n) is 8.15. The molecule has 1 heterocycles. The van der Waals surface area contributed by atoms with Crippen molar-refractivity contribution in [3.8, 4) is 0 Å². The third-order valence-electron chi connectivity index (χ3n) is 4.39. The highest BCUT2D eigenvalue weighted by Crippen LogP contribution is 2.34. The fourth-order valence-corrected chi connectivity index (χ4v) is 4.27. The third-order valence-corrected chi connectivity index (χ3v) is 6.30. The first kappa shape index (κ1) is 20.4. The summed E-state index contributed by atoms with van der Waals surface area (Å²) in [5.41, 5.74) is 1.49. The molecule has 0 aliphatic rings. The number of hydrogen-bond acceptors (Lipinski definition) is 3. The summed E-state index contributed by atoms with van der Waals surface area (Å²) < 4.78 is 67.5. The quantitative estimate of drug-likeness (QED) is 0.761. The van der Waals surface area contributed by atoms with Crippen molar-refractivity contribution in [1.82, 2.24) is 14.1 Å². The highest BCUT2D eigenvalue weighted by molar-refractivity contribution is 7.89. The molecule has 0 saturated heterocycles. The van der Waals surface area contributed by atoms with Crippen LogP contribution >= 0.6 is 0 Å². The molecule has 9 heteroatoms. The van der Waals surface area contributed by atoms with Gasteiger partial charge in [0, 0.05) is 25.8 Å². The molecule has 0 aliphatic heterocycles. The standard InChI is InChI=1S/C17H22F3N3O2S/c1-5-23-13(3)14(12(2)21-23)10-11-22(4)26(24,25)16-9-7-6-8-15(16)17(18,19)20/h6-9H,5,10-11H2,1-4H3. The molecular formula is C17H22F3N3O2S. The van der Waals surface area contributed by atoms with Crippen molar-refractivity contribution >= 4 is 10.0 Å². The van der Waals surface area contributed by atoms with Crippen LogP contribution in [-0.2, 0) is 29.2 Å². The van der Waals surface area contributed by atoms with E-state index in [4.69, 9.17) is 0 Å². The number of halogens is 3. The maximum absolute atomic E-state index is 13.1. The minimum atomic E-state index is -4.74. The summed E-state index contributed by atoms with van der Waals surface area (Å²) in [5.74, 6) is 0. The van der Waals surface area contributed by atoms with E-state index in [2.05, 4.69) is 5.10 Å². The van der Waals surface area contributed by atoms with E-state index in [9.17, 15) is 21.6 Å². The van der Waals surface area contributed by atoms with Crippen molar-refractivity contribution in [3.05, 3.63) is 46.8 Å². The van der Waals surface area contributed by atoms with E-state index >= 15 is 0 Å². The number of hydrogen-bond donors (Lipinski definition) is 0. The predicted molar refractivity (Wildman–Crippen MR) is 92.3 cm³/mol. The molecule has 0 saturated carbocycles. The number of benzene rings is 1. The fraction of sp³-hybridized carbons (Fsp3) is 0.471. The highest BCUT2D eigenvalue weighted by Gasteiger charge is 2.38. The Balaban J connectivity index is 2.28. The molecule has 0 aliphatic carbocycles. The molecule has 0 spiro atoms. The summed E-state index contributed by atoms with van der Waals surface area (Å²) in [6.45, 7) is 6.44. The Bertz CT molecular complexity index is 889. The van der Waals surface area contributed by atoms with Gasteiger partial charge in [-0.15, -0.1) is 0 Å². The van der Waals surface area contributed by atoms with Crippen LogP contribution in [-0.4, -0.2) is 36.1 Å². The second kappa shape index (κ2) is 7.40. The second-order valence-electron chi connectivity index (χ2n) is 6.04. The van der Waals surface area contributed by atoms with Crippen molar-refractivity contribution in [3.63, 3.8) is 0 Å². The molecule has 0 radical (unpaired) electrons. The number of aromatic nitrogens is 2. The fourth-order valence-electron chi connectivity index (χ4n) is 2.89. The molecule has 0 fully saturated rings. The maximum atomic E-state index is 13.1. The van der Waals surface area contributed by atoms with Gasteiger partial charge in [0.15, 0.2) is 0 Å². The molecule has 0 unspecified atom stereocenters. The first-order chi connectivity index (χ1) is 12.0. The number of alkyl halides is 3. The lowest BCUT2D eigenvalue weighted by Crippen LogP contribution is -2.31. The molecule has 2 rings (SSSR count). The minimum absolute atomic E-state index is 0.0611. The van der Waals surface area contributed by atoms with E-state index < -0.39 is 26.7 Å². The van der Waals surface area contributed by atoms with Crippen LogP contribution in [0.2, 0.25) is 0 Å². The first-order valence-corrected chi connectivity index (χ1v) is 9.59. The lowest BCUT2D eigenvalue weighted by Gasteiger charge is -2.20. The van der Waals surface area contributed by atoms with Crippen LogP contribution in [0, 0.1) is 13.8 Å². The largest absolute Gasteiger partial charge is 0.417 e. The number of nitrogens with zero attached hydrogens (tertiary/aromatic N) is 3. The van der Waals surface area contributed by atoms with Gasteiger partial charge in [-0.2, -0.15) is 18.3 Å². The molecule has 26 heavy (non-hydrogen) atoms. The van der Waals surface area contributed by atoms with E-state index in [1.807, 2.05) is 25.5 Å². The molecule has 0 amide bonds. The number of likely N-dealkylation sites (N-methyl/N-ethyl adjacent to an activating group) is 1. The molecule has 1 aromatic heterocycles. The van der Waals surface area contributed by atoms with Crippen LogP contribution in [0.1, 0.15) is 29.4 Å². The molecule has 1 aromatic carbocycles. The van der Waals surface area contributed by atoms with E-state index in [-0.39, 0.29) is 6.54 Å². The minimum Gasteiger partial charge on any atom is -0.270 e. The van der Waals surface area contributed by atoms with E-state index in [0.29, 0.717) is 13.0 Å². The molecule has 0 atom stereocenters. The molecular weight excluding hydrogens is 367 g/mol. The van der Waals surface area contributed by atoms with Gasteiger partial charge in [-0.25, -0.2) is 12.7 Å². The van der Waals surface area contributed by atoms with E-state index in [0.717, 1.165) is 33.4 Å². The smallest absolute Gasteiger partial charge is 0.270 e. The Labute approximate surface area is 151 Å². The molecule has 0 N–H and O–H groups in total. The highest BCUT2D eigenvalue weighted by atomic mass is 32.2. The Morgan fingerprint density at radius 3 is 2.35 bits per heavy atom. The number of rotatable bonds is 6. The zero-order valence-electron chi connectivity index (χ0n) is 15.1. The Kier molecular flexibility index (Phi) is 5.82. The van der Waals surface area contributed by atoms with Gasteiger partial charge in [0.2, 0.25) is 10.0 Å². The van der Waals surface area contributed by atoms with Crippen molar-refractivity contribution in [2.75, 3.05) is 13.6 Å². The summed E-state index contributed by atoms with van der Waals surface area (Å²) in [6, 6.07) is 4.23. The van der Waals surface area contributed by atoms with Crippen molar-refractivity contribution in [2.24, 2.45) is 0 Å². The average Bonchev–Trinajstić information content (AvgIpc) is 2.85. The van der Waals surface area contributed by atoms with Gasteiger partial charge in [-0.05, 0) is 44.9 Å². The zero-order valence-corrected chi connectivity index (χ0v) is 15.9. The molecule has 2 aromatic rings. The van der Waals surface area contributed by atoms with Gasteiger partial charge < -0.3 is 0 Å². The third kappa shape index (κ3) is 3.93. The molecule has 0 bridgehead atoms. The van der Waals surface area contributed by atoms with Gasteiger partial charge in [0.25, 0.3) is 0 Å². The van der Waals surface area contributed by atoms with Gasteiger partial charge in [0.05, 0.1) is 16.2 Å². The Morgan fingerprint density at radius 2 is 1.81 bits per heavy atom. The average molecular weight is 389 g/mol. The number of sulfonamides is 1. The summed E-state index contributed by atoms with van der Waals surface area (Å²) in [4.78, 5) is -0.729. The van der Waals surface area contributed by atoms with Gasteiger partial charge in [-0.1, -0.05) is 12.1 Å². The van der Waals surface area contributed by atoms with Crippen LogP contribution < -0.4 is 0 Å². The monoisotopic (exact) mass is 389 g/mol. The normalized spacial score (nSPS) is 12.8. The predicted octanol–water partition coefficient (Wildman–Crippen LogP) is 3.40. The lowest BCUT2D eigenvalue weighted by atomic mass is 10.1. The maximum Gasteiger partial charge on any atom is 0.417 e. The van der Waals surface area contributed by atoms with E-state index in [1.54, 1.807) is 0 Å². The van der Waals surface area contributed by atoms with Crippen molar-refractivity contribution < 1.29 is 21.6 Å². The van der Waals surface area contributed by atoms with Crippen LogP contribution in [0.4, 0.5) is 13.2 Å². The molecule has 144 valence electrons. The van der Waals surface area contributed by atoms with Gasteiger partial charge in [0.1, 0.15) is 0 Å². The summed E-state index contributed by atoms with van der Waals surface area (Å²) in [6.07, 6.45) is -4.36. The van der Waals surface area contributed by atoms with Gasteiger partial charge >= 0.3 is 6.18 Å². The summed E-state index contributed by atoms with van der Waals surface area (Å²) in [5, 5.41) is 4.37. The lowest BCUT2D eigenvalue weighted by molar-refractivity contribution is -0.139. The Morgan fingerprint density at radius 1 is 1.19 bits per heavy atom. The summed E-state index contributed by atoms with van der Waals surface area (Å²) in [7, 11) is -2.97. The van der Waals surface area contributed by atoms with E-state index in [1.165, 1.54) is 19.2 Å². The SMILES string of the molecule is CCn1nc(C)c(CCN(C)S(=O)(=O)c2ccccc2C(F)(F)F)c1C. The van der Waals surface area contributed by atoms with Gasteiger partial charge in [-0.3, -0.25) is 4.68 Å². The van der Waals surface area contributed by atoms with Crippen molar-refractivity contribution in [2.45, 2.75) is 44.8 Å². The van der Waals surface area contributed by atoms with Crippen LogP contribution in [0.25, 0.3) is 0 Å². The summed E-state index contributed by atoms with van der Waals surface area (Å²) >= 11 is 0. The Hall–Kier alpha value is -1.87. The number of aryl methyl sites for hydroxylation is 2. The van der Waals surface area contributed by atoms with Crippen LogP contribution in [0.3, 0.4) is 0 Å². The topological polar surface area (TPSA) is 55.2 Å². The van der Waals surface area contributed by atoms with Crippen LogP contribution in [0.5, 0.6) is 0 Å². The zero-order chi connectivity index (χ0) is 19.7. The van der Waals surface area contributed by atoms with Crippen molar-refractivity contribution in [1.29, 1.82) is 0 Å². The molecule has 5 nitrogen and oxygen atoms in total. The second-order valence-corrected chi connectivity index (χ2v) is 8.05.